The van der Waals surface area contributed by atoms with Crippen LogP contribution in [0.3, 0.4) is 0 Å². The molecule has 2 heterocycles. The number of Topliss-reactive ketones (excluding diaryl/α,β-unsaturated/α-hetero) is 1. The number of hydrogen-bond acceptors (Lipinski definition) is 6. The van der Waals surface area contributed by atoms with Gasteiger partial charge in [0.25, 0.3) is 0 Å². The zero-order chi connectivity index (χ0) is 27.6. The van der Waals surface area contributed by atoms with Crippen LogP contribution in [0, 0.1) is 23.7 Å². The van der Waals surface area contributed by atoms with Crippen molar-refractivity contribution >= 4 is 22.5 Å². The molecule has 2 aromatic carbocycles. The molecule has 1 aliphatic carbocycles. The highest BCUT2D eigenvalue weighted by molar-refractivity contribution is 6.09. The first-order valence-electron chi connectivity index (χ1n) is 12.8. The molecule has 2 N–H and O–H groups in total. The Kier molecular flexibility index (Phi) is 5.87. The maximum Gasteiger partial charge on any atom is 0.228 e. The van der Waals surface area contributed by atoms with E-state index in [1.807, 2.05) is 45.0 Å². The molecule has 0 amide bonds. The second kappa shape index (κ2) is 8.73. The van der Waals surface area contributed by atoms with Crippen molar-refractivity contribution in [2.24, 2.45) is 11.1 Å². The number of ether oxygens (including phenoxy) is 1. The van der Waals surface area contributed by atoms with E-state index in [-0.39, 0.29) is 39.6 Å². The summed E-state index contributed by atoms with van der Waals surface area (Å²) in [6, 6.07) is 15.2. The number of benzene rings is 2. The van der Waals surface area contributed by atoms with Crippen LogP contribution in [-0.4, -0.2) is 11.6 Å². The second-order valence-corrected chi connectivity index (χ2v) is 12.2. The highest BCUT2D eigenvalue weighted by Gasteiger charge is 2.43. The number of aryl methyl sites for hydroxylation is 1. The minimum Gasteiger partial charge on any atom is -0.452 e. The standard InChI is InChI=1S/C32H32N2O4/c1-17-7-9-18(10-8-17)28(36)24-13-20-11-19(12-22(29(20)37-24)31(2,3)4)26-21(16-33)30(34)38-25-15-32(5,6)14-23(35)27(25)26/h7-13,26H,14-15,34H2,1-6H3. The normalized spacial score (nSPS) is 19.3. The lowest BCUT2D eigenvalue weighted by Gasteiger charge is -2.37. The Bertz CT molecular complexity index is 1600. The zero-order valence-electron chi connectivity index (χ0n) is 22.7. The third kappa shape index (κ3) is 4.32. The van der Waals surface area contributed by atoms with Gasteiger partial charge < -0.3 is 14.9 Å². The van der Waals surface area contributed by atoms with Crippen molar-refractivity contribution in [1.82, 2.24) is 0 Å². The number of carbonyl (C=O) groups excluding carboxylic acids is 2. The molecule has 2 aliphatic rings. The van der Waals surface area contributed by atoms with E-state index in [1.165, 1.54) is 0 Å². The number of hydrogen-bond donors (Lipinski definition) is 1. The smallest absolute Gasteiger partial charge is 0.228 e. The van der Waals surface area contributed by atoms with E-state index in [0.29, 0.717) is 35.3 Å². The number of allylic oxidation sites excluding steroid dienone is 3. The third-order valence-corrected chi connectivity index (χ3v) is 7.39. The maximum atomic E-state index is 13.4. The largest absolute Gasteiger partial charge is 0.452 e. The van der Waals surface area contributed by atoms with Crippen LogP contribution in [0.2, 0.25) is 0 Å². The molecular formula is C32H32N2O4. The lowest BCUT2D eigenvalue weighted by Crippen LogP contribution is -2.33. The minimum atomic E-state index is -0.649. The summed E-state index contributed by atoms with van der Waals surface area (Å²) in [7, 11) is 0. The summed E-state index contributed by atoms with van der Waals surface area (Å²) < 4.78 is 12.0. The van der Waals surface area contributed by atoms with Crippen LogP contribution in [0.25, 0.3) is 11.0 Å². The Hall–Kier alpha value is -4.11. The summed E-state index contributed by atoms with van der Waals surface area (Å²) in [5, 5.41) is 10.8. The van der Waals surface area contributed by atoms with Gasteiger partial charge in [0.05, 0.1) is 5.92 Å². The molecule has 0 saturated carbocycles. The van der Waals surface area contributed by atoms with E-state index in [4.69, 9.17) is 14.9 Å². The summed E-state index contributed by atoms with van der Waals surface area (Å²) in [6.45, 7) is 12.2. The first-order valence-corrected chi connectivity index (χ1v) is 12.8. The minimum absolute atomic E-state index is 0.0292. The molecule has 0 bridgehead atoms. The molecule has 5 rings (SSSR count). The molecule has 1 aliphatic heterocycles. The van der Waals surface area contributed by atoms with Crippen molar-refractivity contribution in [3.63, 3.8) is 0 Å². The third-order valence-electron chi connectivity index (χ3n) is 7.39. The highest BCUT2D eigenvalue weighted by Crippen LogP contribution is 2.49. The molecule has 6 heteroatoms. The van der Waals surface area contributed by atoms with Gasteiger partial charge in [-0.2, -0.15) is 5.26 Å². The summed E-state index contributed by atoms with van der Waals surface area (Å²) >= 11 is 0. The number of nitriles is 1. The molecule has 0 fully saturated rings. The van der Waals surface area contributed by atoms with Gasteiger partial charge in [-0.1, -0.05) is 70.5 Å². The quantitative estimate of drug-likeness (QED) is 0.394. The fourth-order valence-electron chi connectivity index (χ4n) is 5.48. The van der Waals surface area contributed by atoms with Crippen LogP contribution in [0.4, 0.5) is 0 Å². The van der Waals surface area contributed by atoms with Crippen LogP contribution in [0.5, 0.6) is 0 Å². The number of carbonyl (C=O) groups is 2. The molecule has 1 unspecified atom stereocenters. The topological polar surface area (TPSA) is 106 Å². The fourth-order valence-corrected chi connectivity index (χ4v) is 5.48. The van der Waals surface area contributed by atoms with Gasteiger partial charge in [0.1, 0.15) is 23.0 Å². The average molecular weight is 509 g/mol. The van der Waals surface area contributed by atoms with Crippen molar-refractivity contribution in [2.45, 2.75) is 65.7 Å². The number of furan rings is 1. The lowest BCUT2D eigenvalue weighted by atomic mass is 9.69. The van der Waals surface area contributed by atoms with Crippen molar-refractivity contribution in [1.29, 1.82) is 5.26 Å². The number of rotatable bonds is 3. The van der Waals surface area contributed by atoms with E-state index in [9.17, 15) is 14.9 Å². The number of ketones is 2. The van der Waals surface area contributed by atoms with Gasteiger partial charge in [-0.15, -0.1) is 0 Å². The molecule has 3 aromatic rings. The maximum absolute atomic E-state index is 13.4. The van der Waals surface area contributed by atoms with Gasteiger partial charge in [0.2, 0.25) is 11.7 Å². The van der Waals surface area contributed by atoms with E-state index in [0.717, 1.165) is 22.1 Å². The first-order chi connectivity index (χ1) is 17.8. The Labute approximate surface area is 222 Å². The van der Waals surface area contributed by atoms with Crippen molar-refractivity contribution in [2.75, 3.05) is 0 Å². The SMILES string of the molecule is Cc1ccc(C(=O)c2cc3cc(C4C(C#N)=C(N)OC5=C4C(=O)CC(C)(C)C5)cc(C(C)(C)C)c3o2)cc1. The monoisotopic (exact) mass is 508 g/mol. The molecule has 0 saturated heterocycles. The summed E-state index contributed by atoms with van der Waals surface area (Å²) in [5.41, 5.74) is 10.2. The first kappa shape index (κ1) is 25.5. The molecule has 1 aromatic heterocycles. The van der Waals surface area contributed by atoms with Crippen LogP contribution in [0.1, 0.15) is 86.2 Å². The van der Waals surface area contributed by atoms with Gasteiger partial charge in [-0.3, -0.25) is 9.59 Å². The van der Waals surface area contributed by atoms with E-state index >= 15 is 0 Å². The zero-order valence-corrected chi connectivity index (χ0v) is 22.7. The predicted octanol–water partition coefficient (Wildman–Crippen LogP) is 6.72. The second-order valence-electron chi connectivity index (χ2n) is 12.2. The number of fused-ring (bicyclic) bond motifs is 1. The summed E-state index contributed by atoms with van der Waals surface area (Å²) in [5.74, 6) is -0.0887. The van der Waals surface area contributed by atoms with Gasteiger partial charge in [-0.25, -0.2) is 0 Å². The predicted molar refractivity (Wildman–Crippen MR) is 145 cm³/mol. The Balaban J connectivity index is 1.71. The molecule has 38 heavy (non-hydrogen) atoms. The van der Waals surface area contributed by atoms with Crippen LogP contribution >= 0.6 is 0 Å². The van der Waals surface area contributed by atoms with Gasteiger partial charge in [-0.05, 0) is 35.4 Å². The molecule has 6 nitrogen and oxygen atoms in total. The van der Waals surface area contributed by atoms with Crippen LogP contribution in [-0.2, 0) is 14.9 Å². The van der Waals surface area contributed by atoms with Gasteiger partial charge in [0, 0.05) is 34.9 Å². The van der Waals surface area contributed by atoms with Gasteiger partial charge in [0.15, 0.2) is 11.5 Å². The van der Waals surface area contributed by atoms with Crippen LogP contribution in [0.15, 0.2) is 69.7 Å². The van der Waals surface area contributed by atoms with E-state index in [2.05, 4.69) is 26.8 Å². The average Bonchev–Trinajstić information content (AvgIpc) is 3.25. The van der Waals surface area contributed by atoms with E-state index < -0.39 is 5.92 Å². The van der Waals surface area contributed by atoms with Crippen molar-refractivity contribution < 1.29 is 18.7 Å². The lowest BCUT2D eigenvalue weighted by molar-refractivity contribution is -0.119. The molecular weight excluding hydrogens is 476 g/mol. The van der Waals surface area contributed by atoms with Crippen LogP contribution < -0.4 is 5.73 Å². The molecule has 194 valence electrons. The Morgan fingerprint density at radius 2 is 1.79 bits per heavy atom. The molecule has 0 spiro atoms. The summed E-state index contributed by atoms with van der Waals surface area (Å²) in [4.78, 5) is 26.7. The Morgan fingerprint density at radius 3 is 2.42 bits per heavy atom. The van der Waals surface area contributed by atoms with Crippen molar-refractivity contribution in [3.8, 4) is 6.07 Å². The van der Waals surface area contributed by atoms with Gasteiger partial charge >= 0.3 is 0 Å². The number of nitrogens with zero attached hydrogens (tertiary/aromatic N) is 1. The summed E-state index contributed by atoms with van der Waals surface area (Å²) in [6.07, 6.45) is 0.916. The molecule has 0 radical (unpaired) electrons. The van der Waals surface area contributed by atoms with E-state index in [1.54, 1.807) is 18.2 Å². The Morgan fingerprint density at radius 1 is 1.11 bits per heavy atom. The molecule has 1 atom stereocenters. The highest BCUT2D eigenvalue weighted by atomic mass is 16.5. The fraction of sp³-hybridized carbons (Fsp3) is 0.344. The van der Waals surface area contributed by atoms with Crippen molar-refractivity contribution in [3.05, 3.63) is 93.3 Å². The number of nitrogens with two attached hydrogens (primary N) is 1.